The van der Waals surface area contributed by atoms with Gasteiger partial charge in [-0.25, -0.2) is 4.79 Å². The molecule has 9 N–H and O–H groups in total. The summed E-state index contributed by atoms with van der Waals surface area (Å²) in [6.07, 6.45) is -18.5. The smallest absolute Gasteiger partial charge is 0.364 e. The van der Waals surface area contributed by atoms with Gasteiger partial charge in [0.2, 0.25) is 0 Å². The number of ether oxygens (including phenoxy) is 6. The number of carboxylic acid groups (broad SMARTS) is 1. The van der Waals surface area contributed by atoms with E-state index in [2.05, 4.69) is 10.0 Å². The lowest BCUT2D eigenvalue weighted by Gasteiger charge is -2.48. The van der Waals surface area contributed by atoms with Gasteiger partial charge in [0.05, 0.1) is 49.6 Å². The summed E-state index contributed by atoms with van der Waals surface area (Å²) in [5, 5.41) is 97.9. The molecule has 9 unspecified atom stereocenters. The molecule has 0 aromatic carbocycles. The number of carbonyl (C=O) groups is 1. The third kappa shape index (κ3) is 7.30. The fraction of sp³-hybridized carbons (Fsp3) is 0.885. The molecule has 3 heterocycles. The quantitative estimate of drug-likeness (QED) is 0.0217. The largest absolute Gasteiger partial charge is 0.477 e. The van der Waals surface area contributed by atoms with E-state index in [9.17, 15) is 50.8 Å². The zero-order valence-electron chi connectivity index (χ0n) is 24.6. The second kappa shape index (κ2) is 15.2. The Morgan fingerprint density at radius 2 is 1.72 bits per heavy atom. The average Bonchev–Trinajstić information content (AvgIpc) is 3.83. The number of aliphatic hydroxyl groups is 8. The summed E-state index contributed by atoms with van der Waals surface area (Å²) >= 11 is 5.62. The number of aliphatic carboxylic acids is 1. The van der Waals surface area contributed by atoms with Crippen molar-refractivity contribution in [2.45, 2.75) is 111 Å². The van der Waals surface area contributed by atoms with Gasteiger partial charge < -0.3 is 74.4 Å². The number of hydrogen-bond acceptors (Lipinski definition) is 16. The first-order valence-corrected chi connectivity index (χ1v) is 15.1. The summed E-state index contributed by atoms with van der Waals surface area (Å²) in [5.41, 5.74) is 7.75. The van der Waals surface area contributed by atoms with Crippen molar-refractivity contribution in [2.75, 3.05) is 25.7 Å². The lowest BCUT2D eigenvalue weighted by molar-refractivity contribution is -0.366. The number of rotatable bonds is 14. The van der Waals surface area contributed by atoms with Crippen molar-refractivity contribution < 1.29 is 79.2 Å². The molecule has 4 rings (SSSR count). The fourth-order valence-corrected chi connectivity index (χ4v) is 5.87. The highest BCUT2D eigenvalue weighted by atomic mass is 35.5. The van der Waals surface area contributed by atoms with Gasteiger partial charge in [0.15, 0.2) is 12.6 Å². The van der Waals surface area contributed by atoms with Gasteiger partial charge in [-0.3, -0.25) is 0 Å². The van der Waals surface area contributed by atoms with Crippen LogP contribution in [0.2, 0.25) is 0 Å². The predicted molar refractivity (Wildman–Crippen MR) is 149 cm³/mol. The van der Waals surface area contributed by atoms with Crippen LogP contribution in [-0.4, -0.2) is 169 Å². The highest BCUT2D eigenvalue weighted by molar-refractivity contribution is 6.17. The summed E-state index contributed by atoms with van der Waals surface area (Å²) in [6, 6.07) is -1.32. The molecule has 0 saturated carbocycles. The Balaban J connectivity index is 1.50. The van der Waals surface area contributed by atoms with Crippen LogP contribution >= 0.6 is 11.6 Å². The molecule has 3 fully saturated rings. The lowest BCUT2D eigenvalue weighted by atomic mass is 9.80. The SMILES string of the molecule is C[C@@H](O)C1(C2O[C@@](OCC3O[C@@H](O[C@@H]4C(CO)O[C@@H](OCCCCl)C(O)C4O)C(O)C(O)[C@H]3O)(C(=O)O)CC(O)C2N=[N+]=[N-])C=C1. The zero-order chi connectivity index (χ0) is 34.0. The van der Waals surface area contributed by atoms with Gasteiger partial charge in [0.1, 0.15) is 48.8 Å². The number of halogens is 1. The lowest BCUT2D eigenvalue weighted by Crippen LogP contribution is -2.66. The topological polar surface area (TPSA) is 303 Å². The fourth-order valence-electron chi connectivity index (χ4n) is 5.76. The molecule has 0 amide bonds. The molecule has 3 aliphatic heterocycles. The first kappa shape index (κ1) is 37.1. The highest BCUT2D eigenvalue weighted by Gasteiger charge is 2.61. The van der Waals surface area contributed by atoms with Crippen LogP contribution in [0, 0.1) is 5.41 Å². The minimum absolute atomic E-state index is 0.0693. The third-order valence-electron chi connectivity index (χ3n) is 8.60. The molecule has 15 atom stereocenters. The Bertz CT molecular complexity index is 1120. The van der Waals surface area contributed by atoms with E-state index in [0.29, 0.717) is 6.42 Å². The van der Waals surface area contributed by atoms with Crippen LogP contribution in [0.15, 0.2) is 17.3 Å². The molecule has 0 aromatic heterocycles. The first-order chi connectivity index (χ1) is 21.8. The second-order valence-corrected chi connectivity index (χ2v) is 12.0. The highest BCUT2D eigenvalue weighted by Crippen LogP contribution is 2.50. The van der Waals surface area contributed by atoms with E-state index in [-0.39, 0.29) is 12.5 Å². The van der Waals surface area contributed by atoms with Gasteiger partial charge in [-0.05, 0) is 18.9 Å². The Morgan fingerprint density at radius 3 is 2.28 bits per heavy atom. The zero-order valence-corrected chi connectivity index (χ0v) is 25.3. The molecule has 0 spiro atoms. The maximum Gasteiger partial charge on any atom is 0.364 e. The molecule has 4 aliphatic rings. The monoisotopic (exact) mass is 685 g/mol. The molecule has 0 bridgehead atoms. The molecular formula is C26H40ClN3O16. The number of aliphatic hydroxyl groups excluding tert-OH is 8. The van der Waals surface area contributed by atoms with E-state index in [0.717, 1.165) is 0 Å². The number of alkyl halides is 1. The van der Waals surface area contributed by atoms with Crippen molar-refractivity contribution in [3.8, 4) is 0 Å². The average molecular weight is 686 g/mol. The predicted octanol–water partition coefficient (Wildman–Crippen LogP) is -3.17. The molecule has 0 aromatic rings. The van der Waals surface area contributed by atoms with E-state index in [1.54, 1.807) is 0 Å². The molecule has 1 aliphatic carbocycles. The summed E-state index contributed by atoms with van der Waals surface area (Å²) in [5.74, 6) is -4.09. The van der Waals surface area contributed by atoms with Crippen LogP contribution in [0.4, 0.5) is 0 Å². The van der Waals surface area contributed by atoms with Crippen LogP contribution in [0.25, 0.3) is 10.4 Å². The van der Waals surface area contributed by atoms with Crippen molar-refractivity contribution in [3.63, 3.8) is 0 Å². The normalized spacial score (nSPS) is 44.3. The summed E-state index contributed by atoms with van der Waals surface area (Å²) < 4.78 is 33.5. The van der Waals surface area contributed by atoms with Gasteiger partial charge in [0.25, 0.3) is 5.79 Å². The van der Waals surface area contributed by atoms with Crippen LogP contribution in [-0.2, 0) is 33.2 Å². The van der Waals surface area contributed by atoms with Crippen molar-refractivity contribution in [3.05, 3.63) is 22.6 Å². The Labute approximate surface area is 267 Å². The summed E-state index contributed by atoms with van der Waals surface area (Å²) in [6.45, 7) is -0.126. The van der Waals surface area contributed by atoms with E-state index in [4.69, 9.17) is 45.6 Å². The van der Waals surface area contributed by atoms with Gasteiger partial charge in [-0.15, -0.1) is 11.6 Å². The maximum atomic E-state index is 12.5. The molecular weight excluding hydrogens is 646 g/mol. The third-order valence-corrected chi connectivity index (χ3v) is 8.87. The van der Waals surface area contributed by atoms with Crippen molar-refractivity contribution in [2.24, 2.45) is 10.5 Å². The molecule has 46 heavy (non-hydrogen) atoms. The van der Waals surface area contributed by atoms with Gasteiger partial charge in [0, 0.05) is 17.2 Å². The molecule has 20 heteroatoms. The van der Waals surface area contributed by atoms with Gasteiger partial charge in [-0.1, -0.05) is 17.3 Å². The van der Waals surface area contributed by atoms with E-state index in [1.807, 2.05) is 0 Å². The summed E-state index contributed by atoms with van der Waals surface area (Å²) in [7, 11) is 0. The molecule has 19 nitrogen and oxygen atoms in total. The van der Waals surface area contributed by atoms with Gasteiger partial charge >= 0.3 is 5.97 Å². The second-order valence-electron chi connectivity index (χ2n) is 11.6. The van der Waals surface area contributed by atoms with Crippen LogP contribution in [0.1, 0.15) is 19.8 Å². The van der Waals surface area contributed by atoms with Crippen LogP contribution in [0.3, 0.4) is 0 Å². The van der Waals surface area contributed by atoms with Crippen molar-refractivity contribution in [1.82, 2.24) is 0 Å². The first-order valence-electron chi connectivity index (χ1n) is 14.6. The Morgan fingerprint density at radius 1 is 1.07 bits per heavy atom. The molecule has 3 saturated heterocycles. The van der Waals surface area contributed by atoms with Crippen molar-refractivity contribution >= 4 is 17.6 Å². The Kier molecular flexibility index (Phi) is 12.3. The van der Waals surface area contributed by atoms with Crippen LogP contribution < -0.4 is 0 Å². The summed E-state index contributed by atoms with van der Waals surface area (Å²) in [4.78, 5) is 15.2. The van der Waals surface area contributed by atoms with E-state index in [1.165, 1.54) is 19.1 Å². The minimum atomic E-state index is -2.63. The van der Waals surface area contributed by atoms with Gasteiger partial charge in [-0.2, -0.15) is 0 Å². The number of azide groups is 1. The van der Waals surface area contributed by atoms with Crippen molar-refractivity contribution in [1.29, 1.82) is 0 Å². The maximum absolute atomic E-state index is 12.5. The standard InChI is InChI=1S/C26H40ClN3O16/c1-10(32)25(3-4-25)21-14(29-30-28)11(33)7-26(46-21,24(39)40)42-9-13-15(34)16(35)18(37)23(44-13)45-20-12(8-31)43-22(19(38)17(20)36)41-6-2-5-27/h3-4,10-23,31-38H,2,5-9H2,1H3,(H,39,40)/t10-,11?,12?,13?,14?,15+,16?,17?,18?,19?,20-,21?,22-,23+,26-/m1/s1. The van der Waals surface area contributed by atoms with Crippen LogP contribution in [0.5, 0.6) is 0 Å². The van der Waals surface area contributed by atoms with E-state index < -0.39 is 123 Å². The van der Waals surface area contributed by atoms with E-state index >= 15 is 0 Å². The Hall–Kier alpha value is -1.75. The minimum Gasteiger partial charge on any atom is -0.477 e. The number of carboxylic acids is 1. The number of hydrogen-bond donors (Lipinski definition) is 9. The molecule has 0 radical (unpaired) electrons. The molecule has 262 valence electrons. The number of nitrogens with zero attached hydrogens (tertiary/aromatic N) is 3.